The first-order chi connectivity index (χ1) is 11.6. The van der Waals surface area contributed by atoms with Crippen molar-refractivity contribution in [1.29, 1.82) is 0 Å². The average molecular weight is 331 g/mol. The maximum atomic E-state index is 14.2. The van der Waals surface area contributed by atoms with Crippen molar-refractivity contribution in [3.05, 3.63) is 47.4 Å². The monoisotopic (exact) mass is 331 g/mol. The maximum Gasteiger partial charge on any atom is 0.271 e. The average Bonchev–Trinajstić information content (AvgIpc) is 2.62. The van der Waals surface area contributed by atoms with Crippen molar-refractivity contribution in [2.45, 2.75) is 20.4 Å². The van der Waals surface area contributed by atoms with Crippen LogP contribution in [0.1, 0.15) is 29.9 Å². The van der Waals surface area contributed by atoms with E-state index in [1.807, 2.05) is 24.8 Å². The SMILES string of the molecule is CCN(CC)c1ccc(CNc2ccc(C(=O)NC)nn2)cc1F. The quantitative estimate of drug-likeness (QED) is 0.815. The van der Waals surface area contributed by atoms with Crippen LogP contribution in [0.25, 0.3) is 0 Å². The van der Waals surface area contributed by atoms with E-state index in [1.165, 1.54) is 13.1 Å². The highest BCUT2D eigenvalue weighted by molar-refractivity contribution is 5.91. The zero-order valence-electron chi connectivity index (χ0n) is 14.1. The van der Waals surface area contributed by atoms with E-state index < -0.39 is 0 Å². The molecular formula is C17H22FN5O. The largest absolute Gasteiger partial charge is 0.370 e. The molecule has 128 valence electrons. The molecule has 0 bridgehead atoms. The lowest BCUT2D eigenvalue weighted by Gasteiger charge is -2.22. The summed E-state index contributed by atoms with van der Waals surface area (Å²) in [4.78, 5) is 13.4. The summed E-state index contributed by atoms with van der Waals surface area (Å²) in [5.41, 5.74) is 1.66. The molecule has 0 saturated carbocycles. The van der Waals surface area contributed by atoms with Gasteiger partial charge in [0.05, 0.1) is 5.69 Å². The summed E-state index contributed by atoms with van der Waals surface area (Å²) in [5.74, 6) is -0.00181. The number of aromatic nitrogens is 2. The number of anilines is 2. The maximum absolute atomic E-state index is 14.2. The van der Waals surface area contributed by atoms with Crippen LogP contribution in [-0.2, 0) is 6.54 Å². The smallest absolute Gasteiger partial charge is 0.271 e. The summed E-state index contributed by atoms with van der Waals surface area (Å²) in [5, 5.41) is 13.3. The van der Waals surface area contributed by atoms with Gasteiger partial charge in [0, 0.05) is 26.7 Å². The van der Waals surface area contributed by atoms with Gasteiger partial charge in [-0.25, -0.2) is 4.39 Å². The van der Waals surface area contributed by atoms with Crippen LogP contribution in [0, 0.1) is 5.82 Å². The molecule has 0 atom stereocenters. The number of carbonyl (C=O) groups is 1. The summed E-state index contributed by atoms with van der Waals surface area (Å²) < 4.78 is 14.2. The van der Waals surface area contributed by atoms with Gasteiger partial charge in [0.15, 0.2) is 5.69 Å². The number of rotatable bonds is 7. The minimum Gasteiger partial charge on any atom is -0.370 e. The zero-order valence-corrected chi connectivity index (χ0v) is 14.1. The number of halogens is 1. The van der Waals surface area contributed by atoms with E-state index in [0.717, 1.165) is 18.7 Å². The molecule has 0 radical (unpaired) electrons. The predicted molar refractivity (Wildman–Crippen MR) is 92.7 cm³/mol. The van der Waals surface area contributed by atoms with E-state index in [9.17, 15) is 9.18 Å². The number of amides is 1. The van der Waals surface area contributed by atoms with Gasteiger partial charge in [0.1, 0.15) is 11.6 Å². The minimum atomic E-state index is -0.289. The number of carbonyl (C=O) groups excluding carboxylic acids is 1. The van der Waals surface area contributed by atoms with E-state index in [4.69, 9.17) is 0 Å². The molecule has 2 aromatic rings. The summed E-state index contributed by atoms with van der Waals surface area (Å²) in [7, 11) is 1.53. The molecule has 0 aliphatic heterocycles. The third kappa shape index (κ3) is 4.18. The van der Waals surface area contributed by atoms with Crippen LogP contribution < -0.4 is 15.5 Å². The summed E-state index contributed by atoms with van der Waals surface area (Å²) in [6.07, 6.45) is 0. The molecule has 0 aliphatic rings. The summed E-state index contributed by atoms with van der Waals surface area (Å²) in [6, 6.07) is 8.44. The fourth-order valence-corrected chi connectivity index (χ4v) is 2.35. The predicted octanol–water partition coefficient (Wildman–Crippen LogP) is 2.43. The first kappa shape index (κ1) is 17.7. The second kappa shape index (κ2) is 8.24. The van der Waals surface area contributed by atoms with Crippen LogP contribution >= 0.6 is 0 Å². The van der Waals surface area contributed by atoms with E-state index in [0.29, 0.717) is 18.1 Å². The van der Waals surface area contributed by atoms with E-state index in [2.05, 4.69) is 20.8 Å². The first-order valence-electron chi connectivity index (χ1n) is 7.92. The van der Waals surface area contributed by atoms with Crippen molar-refractivity contribution in [3.8, 4) is 0 Å². The third-order valence-corrected chi connectivity index (χ3v) is 3.71. The fourth-order valence-electron chi connectivity index (χ4n) is 2.35. The molecule has 0 fully saturated rings. The lowest BCUT2D eigenvalue weighted by Crippen LogP contribution is -2.23. The van der Waals surface area contributed by atoms with Crippen LogP contribution in [0.3, 0.4) is 0 Å². The Morgan fingerprint density at radius 2 is 1.92 bits per heavy atom. The molecule has 1 aromatic heterocycles. The van der Waals surface area contributed by atoms with Gasteiger partial charge in [0.25, 0.3) is 5.91 Å². The van der Waals surface area contributed by atoms with E-state index >= 15 is 0 Å². The molecule has 24 heavy (non-hydrogen) atoms. The molecular weight excluding hydrogens is 309 g/mol. The Hall–Kier alpha value is -2.70. The molecule has 2 N–H and O–H groups in total. The lowest BCUT2D eigenvalue weighted by atomic mass is 10.1. The second-order valence-electron chi connectivity index (χ2n) is 5.19. The molecule has 0 saturated heterocycles. The molecule has 0 spiro atoms. The van der Waals surface area contributed by atoms with E-state index in [-0.39, 0.29) is 17.4 Å². The first-order valence-corrected chi connectivity index (χ1v) is 7.92. The van der Waals surface area contributed by atoms with Crippen LogP contribution in [0.2, 0.25) is 0 Å². The molecule has 1 aromatic carbocycles. The topological polar surface area (TPSA) is 70.2 Å². The van der Waals surface area contributed by atoms with Crippen LogP contribution in [0.4, 0.5) is 15.9 Å². The lowest BCUT2D eigenvalue weighted by molar-refractivity contribution is 0.0957. The second-order valence-corrected chi connectivity index (χ2v) is 5.19. The molecule has 0 aliphatic carbocycles. The van der Waals surface area contributed by atoms with Gasteiger partial charge in [-0.05, 0) is 43.7 Å². The van der Waals surface area contributed by atoms with Gasteiger partial charge in [-0.3, -0.25) is 4.79 Å². The van der Waals surface area contributed by atoms with Gasteiger partial charge in [0.2, 0.25) is 0 Å². The van der Waals surface area contributed by atoms with E-state index in [1.54, 1.807) is 18.2 Å². The summed E-state index contributed by atoms with van der Waals surface area (Å²) >= 11 is 0. The van der Waals surface area contributed by atoms with Gasteiger partial charge in [-0.1, -0.05) is 6.07 Å². The van der Waals surface area contributed by atoms with Crippen molar-refractivity contribution in [1.82, 2.24) is 15.5 Å². The van der Waals surface area contributed by atoms with Crippen molar-refractivity contribution in [2.75, 3.05) is 30.4 Å². The third-order valence-electron chi connectivity index (χ3n) is 3.71. The zero-order chi connectivity index (χ0) is 17.5. The Kier molecular flexibility index (Phi) is 6.06. The van der Waals surface area contributed by atoms with Crippen LogP contribution in [0.15, 0.2) is 30.3 Å². The van der Waals surface area contributed by atoms with Crippen LogP contribution in [-0.4, -0.2) is 36.2 Å². The molecule has 1 amide bonds. The molecule has 1 heterocycles. The Labute approximate surface area is 141 Å². The molecule has 0 unspecified atom stereocenters. The molecule has 6 nitrogen and oxygen atoms in total. The number of hydrogen-bond donors (Lipinski definition) is 2. The standard InChI is InChI=1S/C17H22FN5O/c1-4-23(5-2)15-8-6-12(10-13(15)18)11-20-16-9-7-14(21-22-16)17(24)19-3/h6-10H,4-5,11H2,1-3H3,(H,19,24)(H,20,22). The Morgan fingerprint density at radius 1 is 1.17 bits per heavy atom. The Balaban J connectivity index is 2.02. The van der Waals surface area contributed by atoms with Crippen molar-refractivity contribution in [3.63, 3.8) is 0 Å². The normalized spacial score (nSPS) is 10.3. The molecule has 7 heteroatoms. The number of benzene rings is 1. The Bertz CT molecular complexity index is 686. The number of nitrogens with one attached hydrogen (secondary N) is 2. The van der Waals surface area contributed by atoms with Crippen molar-refractivity contribution >= 4 is 17.4 Å². The summed E-state index contributed by atoms with van der Waals surface area (Å²) in [6.45, 7) is 5.94. The minimum absolute atomic E-state index is 0.237. The van der Waals surface area contributed by atoms with Gasteiger partial charge < -0.3 is 15.5 Å². The molecule has 2 rings (SSSR count). The van der Waals surface area contributed by atoms with Crippen molar-refractivity contribution in [2.24, 2.45) is 0 Å². The Morgan fingerprint density at radius 3 is 2.46 bits per heavy atom. The highest BCUT2D eigenvalue weighted by Gasteiger charge is 2.09. The highest BCUT2D eigenvalue weighted by Crippen LogP contribution is 2.20. The van der Waals surface area contributed by atoms with Gasteiger partial charge in [-0.2, -0.15) is 0 Å². The number of hydrogen-bond acceptors (Lipinski definition) is 5. The fraction of sp³-hybridized carbons (Fsp3) is 0.353. The van der Waals surface area contributed by atoms with Crippen molar-refractivity contribution < 1.29 is 9.18 Å². The van der Waals surface area contributed by atoms with Gasteiger partial charge in [-0.15, -0.1) is 10.2 Å². The van der Waals surface area contributed by atoms with Gasteiger partial charge >= 0.3 is 0 Å². The highest BCUT2D eigenvalue weighted by atomic mass is 19.1. The number of nitrogens with zero attached hydrogens (tertiary/aromatic N) is 3. The van der Waals surface area contributed by atoms with Crippen LogP contribution in [0.5, 0.6) is 0 Å².